The molecule has 0 saturated carbocycles. The molecular weight excluding hydrogens is 308 g/mol. The van der Waals surface area contributed by atoms with E-state index in [0.717, 1.165) is 0 Å². The van der Waals surface area contributed by atoms with Gasteiger partial charge >= 0.3 is 19.3 Å². The zero-order valence-electron chi connectivity index (χ0n) is 1.80. The maximum atomic E-state index is 7.88. The molecule has 4 heteroatoms. The average molecular weight is 308 g/mol. The fourth-order valence-corrected chi connectivity index (χ4v) is 0. The van der Waals surface area contributed by atoms with Crippen LogP contribution in [-0.2, 0) is 19.3 Å². The van der Waals surface area contributed by atoms with E-state index in [1.165, 1.54) is 0 Å². The van der Waals surface area contributed by atoms with Crippen molar-refractivity contribution in [2.45, 2.75) is 0 Å². The molecule has 0 aliphatic rings. The molecule has 0 heterocycles. The Bertz CT molecular complexity index is 8.00. The molecule has 0 aliphatic heterocycles. The smallest absolute Gasteiger partial charge is 0 e. The molecule has 4 heavy (non-hydrogen) atoms. The van der Waals surface area contributed by atoms with Gasteiger partial charge in [-0.3, -0.25) is 0 Å². The molecule has 0 saturated heterocycles. The zero-order valence-corrected chi connectivity index (χ0v) is 8.94. The molecule has 0 unspecified atom stereocenters. The predicted octanol–water partition coefficient (Wildman–Crippen LogP) is -0.883. The Balaban J connectivity index is -0.00000000500. The van der Waals surface area contributed by atoms with Crippen molar-refractivity contribution in [2.75, 3.05) is 0 Å². The van der Waals surface area contributed by atoms with E-state index in [1.807, 2.05) is 0 Å². The van der Waals surface area contributed by atoms with Gasteiger partial charge in [-0.15, -0.1) is 0 Å². The minimum atomic E-state index is 0. The minimum Gasteiger partial charge on any atom is 0 e. The van der Waals surface area contributed by atoms with Crippen molar-refractivity contribution in [3.63, 3.8) is 0 Å². The Morgan fingerprint density at radius 3 is 1.25 bits per heavy atom. The molecule has 7 radical (unpaired) electrons. The summed E-state index contributed by atoms with van der Waals surface area (Å²) < 4.78 is 7.88. The summed E-state index contributed by atoms with van der Waals surface area (Å²) in [6.07, 6.45) is 0. The maximum absolute atomic E-state index is 7.88. The van der Waals surface area contributed by atoms with Gasteiger partial charge in [0.05, 0.1) is 0 Å². The standard InChI is InChI=1S/In.Ni.O.Sn. The summed E-state index contributed by atoms with van der Waals surface area (Å²) in [4.78, 5) is 0. The summed E-state index contributed by atoms with van der Waals surface area (Å²) in [6, 6.07) is 0. The van der Waals surface area contributed by atoms with E-state index >= 15 is 0 Å². The van der Waals surface area contributed by atoms with Gasteiger partial charge in [-0.1, -0.05) is 0 Å². The van der Waals surface area contributed by atoms with Crippen LogP contribution in [0.25, 0.3) is 0 Å². The quantitative estimate of drug-likeness (QED) is 0.531. The molecule has 0 aromatic rings. The Hall–Kier alpha value is 1.96. The molecule has 1 nitrogen and oxygen atoms in total. The number of hydrogen-bond donors (Lipinski definition) is 0. The molecule has 0 rings (SSSR count). The molecule has 0 bridgehead atoms. The Kier molecular flexibility index (Phi) is 84.6. The summed E-state index contributed by atoms with van der Waals surface area (Å²) in [6.45, 7) is 0. The van der Waals surface area contributed by atoms with Crippen LogP contribution in [0.1, 0.15) is 0 Å². The van der Waals surface area contributed by atoms with Crippen LogP contribution in [0.3, 0.4) is 0 Å². The normalized spacial score (nSPS) is 1.50. The van der Waals surface area contributed by atoms with Gasteiger partial charge in [0.25, 0.3) is 0 Å². The van der Waals surface area contributed by atoms with Crippen LogP contribution in [-0.4, -0.2) is 49.8 Å². The van der Waals surface area contributed by atoms with Crippen LogP contribution in [0.15, 0.2) is 0 Å². The molecule has 0 spiro atoms. The van der Waals surface area contributed by atoms with E-state index in [1.54, 1.807) is 0 Å². The molecule has 23 valence electrons. The largest absolute Gasteiger partial charge is 0 e. The third-order valence-corrected chi connectivity index (χ3v) is 0. The van der Waals surface area contributed by atoms with Crippen molar-refractivity contribution in [2.24, 2.45) is 0 Å². The van der Waals surface area contributed by atoms with Gasteiger partial charge in [0.2, 0.25) is 0 Å². The fraction of sp³-hybridized carbons (Fsp3) is 0. The van der Waals surface area contributed by atoms with Gasteiger partial charge in [-0.25, -0.2) is 0 Å². The first-order valence-electron chi connectivity index (χ1n) is 0.129. The molecule has 0 N–H and O–H groups in total. The summed E-state index contributed by atoms with van der Waals surface area (Å²) in [5.41, 5.74) is 0. The third kappa shape index (κ3) is 9.03. The van der Waals surface area contributed by atoms with Gasteiger partial charge in [0, 0.05) is 49.8 Å². The van der Waals surface area contributed by atoms with Gasteiger partial charge in [0.15, 0.2) is 0 Å². The van der Waals surface area contributed by atoms with Crippen molar-refractivity contribution >= 4 is 49.8 Å². The number of rotatable bonds is 0. The Morgan fingerprint density at radius 1 is 1.25 bits per heavy atom. The molecule has 0 aliphatic carbocycles. The summed E-state index contributed by atoms with van der Waals surface area (Å²) >= 11 is 2.62. The summed E-state index contributed by atoms with van der Waals surface area (Å²) in [5, 5.41) is 0. The van der Waals surface area contributed by atoms with Crippen LogP contribution in [0.5, 0.6) is 0 Å². The van der Waals surface area contributed by atoms with Gasteiger partial charge in [0.1, 0.15) is 0 Å². The molecule has 0 aromatic heterocycles. The van der Waals surface area contributed by atoms with Crippen LogP contribution in [0.2, 0.25) is 0 Å². The second kappa shape index (κ2) is 20.2. The van der Waals surface area contributed by atoms with E-state index in [9.17, 15) is 0 Å². The SMILES string of the molecule is [In].[O]=[Ni].[Sn]. The van der Waals surface area contributed by atoms with E-state index in [2.05, 4.69) is 15.4 Å². The van der Waals surface area contributed by atoms with Crippen LogP contribution >= 0.6 is 0 Å². The first-order chi connectivity index (χ1) is 1.00. The number of hydrogen-bond acceptors (Lipinski definition) is 1. The van der Waals surface area contributed by atoms with E-state index in [-0.39, 0.29) is 49.8 Å². The van der Waals surface area contributed by atoms with Gasteiger partial charge in [-0.05, 0) is 0 Å². The van der Waals surface area contributed by atoms with Gasteiger partial charge < -0.3 is 0 Å². The van der Waals surface area contributed by atoms with Crippen molar-refractivity contribution in [3.05, 3.63) is 0 Å². The van der Waals surface area contributed by atoms with E-state index < -0.39 is 0 Å². The predicted molar refractivity (Wildman–Crippen MR) is 12.2 cm³/mol. The Labute approximate surface area is 68.2 Å². The second-order valence-electron chi connectivity index (χ2n) is 0. The van der Waals surface area contributed by atoms with Crippen molar-refractivity contribution in [3.8, 4) is 0 Å². The molecule has 0 fully saturated rings. The molecule has 0 amide bonds. The van der Waals surface area contributed by atoms with Crippen molar-refractivity contribution < 1.29 is 19.3 Å². The molecular formula is InNiOSn. The van der Waals surface area contributed by atoms with Crippen LogP contribution in [0.4, 0.5) is 0 Å². The first kappa shape index (κ1) is 16.7. The summed E-state index contributed by atoms with van der Waals surface area (Å²) in [7, 11) is 0. The van der Waals surface area contributed by atoms with E-state index in [4.69, 9.17) is 3.90 Å². The average Bonchev–Trinajstić information content (AvgIpc) is 1.00. The van der Waals surface area contributed by atoms with E-state index in [0.29, 0.717) is 0 Å². The third-order valence-electron chi connectivity index (χ3n) is 0. The van der Waals surface area contributed by atoms with Crippen molar-refractivity contribution in [1.29, 1.82) is 0 Å². The summed E-state index contributed by atoms with van der Waals surface area (Å²) in [5.74, 6) is 0. The van der Waals surface area contributed by atoms with Crippen LogP contribution in [0, 0.1) is 0 Å². The van der Waals surface area contributed by atoms with Crippen LogP contribution < -0.4 is 0 Å². The second-order valence-corrected chi connectivity index (χ2v) is 0. The molecule has 0 atom stereocenters. The maximum Gasteiger partial charge on any atom is 0 e. The molecule has 0 aromatic carbocycles. The topological polar surface area (TPSA) is 17.1 Å². The van der Waals surface area contributed by atoms with Crippen molar-refractivity contribution in [1.82, 2.24) is 0 Å². The zero-order chi connectivity index (χ0) is 2.00. The Morgan fingerprint density at radius 2 is 1.25 bits per heavy atom. The fourth-order valence-electron chi connectivity index (χ4n) is 0. The minimum absolute atomic E-state index is 0. The monoisotopic (exact) mass is 309 g/mol. The van der Waals surface area contributed by atoms with Gasteiger partial charge in [-0.2, -0.15) is 0 Å². The first-order valence-corrected chi connectivity index (χ1v) is 0.532.